The smallest absolute Gasteiger partial charge is 0.245 e. The second kappa shape index (κ2) is 42.4. The highest BCUT2D eigenvalue weighted by molar-refractivity contribution is 6.30. The molecule has 19 N–H and O–H groups in total. The molecule has 0 spiro atoms. The monoisotopic (exact) mass is 1540 g/mol. The van der Waals surface area contributed by atoms with Gasteiger partial charge < -0.3 is 85.9 Å². The van der Waals surface area contributed by atoms with Crippen LogP contribution in [0.3, 0.4) is 0 Å². The largest absolute Gasteiger partial charge is 0.370 e. The fourth-order valence-electron chi connectivity index (χ4n) is 12.6. The van der Waals surface area contributed by atoms with Gasteiger partial charge in [0, 0.05) is 94.0 Å². The Labute approximate surface area is 638 Å². The van der Waals surface area contributed by atoms with Gasteiger partial charge in [0.1, 0.15) is 66.5 Å². The Balaban J connectivity index is 1.23. The fraction of sp³-hybridized carbons (Fsp3) is 0.432. The van der Waals surface area contributed by atoms with Crippen LogP contribution in [-0.2, 0) is 92.8 Å². The van der Waals surface area contributed by atoms with E-state index in [0.717, 1.165) is 10.8 Å². The zero-order valence-corrected chi connectivity index (χ0v) is 61.8. The standard InChI is InChI=1S/C74H94ClN21O14/c1-41(2)32-53-67(104)88-52(73(110)96-31-11-18-60(96)72(109)93-59(39-76)63(77)100)27-30-82-64(101)54(34-43-12-5-4-6-13-43)85-61(98)26-25-51(66(103)86-50(65(102)89-53)17-10-29-83-74(78)79)87-71(108)58(38-62(99)94-95-80)92-70(107)57(37-46-14-9-28-81-40-46)91-69(106)56(35-44-20-23-49(75)24-21-44)90-68(105)55(84-42(3)97)36-45-19-22-47-15-7-8-16-48(47)33-45/h4-9,12-16,19-24,28,33,40-41,50-60H,10-11,17-18,25-27,29-32,34-39,76H2,1-3H3,(H2,77,100)(H,82,101)(H,84,97)(H,85,98)(H,86,103)(H,87,108)(H,88,104)(H,89,102)(H,90,105)(H,91,106)(H,92,107)(H,93,109)(H4,78,79,83)/t50-,51+,52+,53+,54+,55-,56-,57-,58+,59?,60+/m1/s1. The van der Waals surface area contributed by atoms with Crippen molar-refractivity contribution in [2.75, 3.05) is 26.2 Å². The van der Waals surface area contributed by atoms with Crippen molar-refractivity contribution in [3.05, 3.63) is 159 Å². The number of amides is 14. The van der Waals surface area contributed by atoms with Gasteiger partial charge in [-0.2, -0.15) is 0 Å². The number of pyridine rings is 1. The number of fused-ring (bicyclic) bond motifs is 1. The highest BCUT2D eigenvalue weighted by atomic mass is 35.5. The lowest BCUT2D eigenvalue weighted by Crippen LogP contribution is -2.61. The van der Waals surface area contributed by atoms with Crippen molar-refractivity contribution in [1.29, 1.82) is 5.41 Å². The van der Waals surface area contributed by atoms with Crippen LogP contribution in [-0.4, -0.2) is 191 Å². The summed E-state index contributed by atoms with van der Waals surface area (Å²) < 4.78 is 0. The molecule has 3 heterocycles. The van der Waals surface area contributed by atoms with Crippen molar-refractivity contribution in [2.45, 2.75) is 171 Å². The Hall–Kier alpha value is -12.1. The third-order valence-electron chi connectivity index (χ3n) is 18.2. The van der Waals surface area contributed by atoms with Gasteiger partial charge in [-0.25, -0.2) is 0 Å². The van der Waals surface area contributed by atoms with E-state index in [0.29, 0.717) is 33.7 Å². The summed E-state index contributed by atoms with van der Waals surface area (Å²) >= 11 is 6.25. The van der Waals surface area contributed by atoms with Crippen molar-refractivity contribution in [2.24, 2.45) is 28.2 Å². The van der Waals surface area contributed by atoms with E-state index in [1.165, 1.54) is 30.3 Å². The lowest BCUT2D eigenvalue weighted by atomic mass is 9.99. The van der Waals surface area contributed by atoms with Crippen LogP contribution in [0.5, 0.6) is 0 Å². The third kappa shape index (κ3) is 27.0. The SMILES string of the molecule is CC(=O)N[C@H](Cc1ccc2ccccc2c1)C(=O)N[C@H](Cc1ccc(Cl)cc1)C(=O)N[C@H](Cc1cccnc1)C(=O)N[C@@H](CC(=O)N=[N+]=[N-])C(=O)N[C@H]1CCC(=O)N[C@@H](Cc2ccccc2)C(=O)NCC[C@@H](C(=O)N2CCC[C@H]2C(=O)NC(CN)C(N)=O)NC(=O)[C@H](CC(C)C)NC(=O)[C@@H](CCCNC(=N)N)NC1=O. The lowest BCUT2D eigenvalue weighted by molar-refractivity contribution is -0.142. The van der Waals surface area contributed by atoms with Crippen molar-refractivity contribution in [3.63, 3.8) is 0 Å². The van der Waals surface area contributed by atoms with E-state index >= 15 is 14.4 Å². The number of guanidine groups is 1. The quantitative estimate of drug-likeness (QED) is 0.00675. The van der Waals surface area contributed by atoms with Crippen LogP contribution in [0.2, 0.25) is 5.02 Å². The Kier molecular flexibility index (Phi) is 32.9. The number of nitrogens with zero attached hydrogens (tertiary/aromatic N) is 5. The van der Waals surface area contributed by atoms with Gasteiger partial charge in [-0.3, -0.25) is 77.5 Å². The molecule has 2 aliphatic heterocycles. The highest BCUT2D eigenvalue weighted by Gasteiger charge is 2.41. The summed E-state index contributed by atoms with van der Waals surface area (Å²) in [7, 11) is 0. The zero-order valence-electron chi connectivity index (χ0n) is 61.1. The second-order valence-corrected chi connectivity index (χ2v) is 27.6. The van der Waals surface area contributed by atoms with Crippen LogP contribution in [0.4, 0.5) is 0 Å². The van der Waals surface area contributed by atoms with Crippen molar-refractivity contribution in [3.8, 4) is 0 Å². The molecular weight excluding hydrogens is 1440 g/mol. The Morgan fingerprint density at radius 3 is 1.92 bits per heavy atom. The van der Waals surface area contributed by atoms with Gasteiger partial charge >= 0.3 is 0 Å². The zero-order chi connectivity index (χ0) is 80.0. The first kappa shape index (κ1) is 85.2. The van der Waals surface area contributed by atoms with Gasteiger partial charge in [0.2, 0.25) is 82.7 Å². The van der Waals surface area contributed by atoms with E-state index in [4.69, 9.17) is 34.2 Å². The van der Waals surface area contributed by atoms with E-state index in [1.54, 1.807) is 80.6 Å². The summed E-state index contributed by atoms with van der Waals surface area (Å²) in [5.41, 5.74) is 28.2. The number of likely N-dealkylation sites (tertiary alicyclic amines) is 1. The number of carbonyl (C=O) groups excluding carboxylic acids is 14. The number of azide groups is 1. The molecule has 11 atom stereocenters. The van der Waals surface area contributed by atoms with E-state index in [2.05, 4.69) is 78.8 Å². The first-order chi connectivity index (χ1) is 52.6. The third-order valence-corrected chi connectivity index (χ3v) is 18.4. The molecule has 35 nitrogen and oxygen atoms in total. The van der Waals surface area contributed by atoms with E-state index in [1.807, 2.05) is 36.4 Å². The Morgan fingerprint density at radius 2 is 1.28 bits per heavy atom. The molecule has 4 aromatic carbocycles. The van der Waals surface area contributed by atoms with Gasteiger partial charge in [-0.05, 0) is 113 Å². The normalized spacial score (nSPS) is 19.3. The van der Waals surface area contributed by atoms with E-state index in [-0.39, 0.29) is 89.9 Å². The fourth-order valence-corrected chi connectivity index (χ4v) is 12.7. The summed E-state index contributed by atoms with van der Waals surface area (Å²) in [6.07, 6.45) is -0.551. The summed E-state index contributed by atoms with van der Waals surface area (Å²) in [5.74, 6) is -14.1. The molecule has 1 unspecified atom stereocenters. The maximum absolute atomic E-state index is 15.1. The van der Waals surface area contributed by atoms with Gasteiger partial charge in [0.15, 0.2) is 5.96 Å². The average molecular weight is 1540 g/mol. The Bertz CT molecular complexity index is 4190. The summed E-state index contributed by atoms with van der Waals surface area (Å²) in [5, 5.41) is 44.4. The van der Waals surface area contributed by atoms with Crippen LogP contribution in [0.15, 0.2) is 127 Å². The van der Waals surface area contributed by atoms with Crippen LogP contribution in [0, 0.1) is 11.3 Å². The van der Waals surface area contributed by atoms with Gasteiger partial charge in [0.05, 0.1) is 0 Å². The molecule has 1 aromatic heterocycles. The summed E-state index contributed by atoms with van der Waals surface area (Å²) in [4.78, 5) is 208. The Morgan fingerprint density at radius 1 is 0.664 bits per heavy atom. The molecule has 0 aliphatic carbocycles. The molecule has 2 aliphatic rings. The molecular formula is C74H94ClN21O14. The summed E-state index contributed by atoms with van der Waals surface area (Å²) in [6, 6.07) is 14.0. The van der Waals surface area contributed by atoms with Gasteiger partial charge in [-0.1, -0.05) is 116 Å². The first-order valence-electron chi connectivity index (χ1n) is 36.0. The molecule has 36 heteroatoms. The molecule has 5 aromatic rings. The molecule has 0 bridgehead atoms. The van der Waals surface area contributed by atoms with Crippen LogP contribution >= 0.6 is 11.6 Å². The maximum atomic E-state index is 15.1. The minimum Gasteiger partial charge on any atom is -0.370 e. The molecule has 0 radical (unpaired) electrons. The lowest BCUT2D eigenvalue weighted by Gasteiger charge is -2.31. The highest BCUT2D eigenvalue weighted by Crippen LogP contribution is 2.22. The summed E-state index contributed by atoms with van der Waals surface area (Å²) in [6.45, 7) is 3.99. The van der Waals surface area contributed by atoms with E-state index < -0.39 is 174 Å². The number of hydrogen-bond donors (Lipinski definition) is 16. The predicted molar refractivity (Wildman–Crippen MR) is 403 cm³/mol. The predicted octanol–water partition coefficient (Wildman–Crippen LogP) is -0.702. The number of primary amides is 1. The molecule has 7 rings (SSSR count). The molecule has 0 saturated carbocycles. The molecule has 2 saturated heterocycles. The van der Waals surface area contributed by atoms with Gasteiger partial charge in [0.25, 0.3) is 0 Å². The molecule has 110 heavy (non-hydrogen) atoms. The number of benzene rings is 4. The number of aromatic nitrogens is 1. The number of carbonyl (C=O) groups is 14. The second-order valence-electron chi connectivity index (χ2n) is 27.2. The number of nitrogens with two attached hydrogens (primary N) is 3. The van der Waals surface area contributed by atoms with Crippen LogP contribution in [0.1, 0.15) is 101 Å². The van der Waals surface area contributed by atoms with Gasteiger partial charge in [-0.15, -0.1) is 0 Å². The van der Waals surface area contributed by atoms with Crippen molar-refractivity contribution >= 4 is 111 Å². The number of rotatable bonds is 30. The minimum absolute atomic E-state index is 0.000826. The van der Waals surface area contributed by atoms with Crippen molar-refractivity contribution < 1.29 is 67.1 Å². The topological polar surface area (TPSA) is 550 Å². The molecule has 586 valence electrons. The number of nitrogens with one attached hydrogen (secondary N) is 13. The van der Waals surface area contributed by atoms with Crippen LogP contribution < -0.4 is 81.0 Å². The molecule has 14 amide bonds. The van der Waals surface area contributed by atoms with E-state index in [9.17, 15) is 58.3 Å². The molecule has 2 fully saturated rings. The van der Waals surface area contributed by atoms with Crippen molar-refractivity contribution in [1.82, 2.24) is 73.7 Å². The number of halogens is 1. The first-order valence-corrected chi connectivity index (χ1v) is 36.3. The number of hydrogen-bond acceptors (Lipinski definition) is 17. The van der Waals surface area contributed by atoms with Crippen LogP contribution in [0.25, 0.3) is 21.2 Å². The minimum atomic E-state index is -2.09. The average Bonchev–Trinajstić information content (AvgIpc) is 1.52. The maximum Gasteiger partial charge on any atom is 0.245 e.